The fourth-order valence-corrected chi connectivity index (χ4v) is 1.54. The largest absolute Gasteiger partial charge is 0.384 e. The molecule has 2 aromatic rings. The topological polar surface area (TPSA) is 111 Å². The third-order valence-corrected chi connectivity index (χ3v) is 2.39. The van der Waals surface area contributed by atoms with Gasteiger partial charge in [-0.2, -0.15) is 0 Å². The molecule has 0 atom stereocenters. The number of amides is 1. The predicted molar refractivity (Wildman–Crippen MR) is 69.7 cm³/mol. The highest BCUT2D eigenvalue weighted by Crippen LogP contribution is 2.20. The first-order valence-corrected chi connectivity index (χ1v) is 5.43. The fourth-order valence-electron chi connectivity index (χ4n) is 1.54. The zero-order valence-corrected chi connectivity index (χ0v) is 10.0. The molecular formula is C12H9FN4O3. The van der Waals surface area contributed by atoms with Gasteiger partial charge in [-0.3, -0.25) is 14.9 Å². The smallest absolute Gasteiger partial charge is 0.274 e. The van der Waals surface area contributed by atoms with Gasteiger partial charge in [-0.1, -0.05) is 0 Å². The number of non-ortho nitro benzene ring substituents is 1. The number of carbonyl (C=O) groups excluding carboxylic acids is 1. The highest BCUT2D eigenvalue weighted by molar-refractivity contribution is 6.04. The van der Waals surface area contributed by atoms with E-state index in [4.69, 9.17) is 5.73 Å². The van der Waals surface area contributed by atoms with Crippen molar-refractivity contribution >= 4 is 23.1 Å². The van der Waals surface area contributed by atoms with E-state index in [2.05, 4.69) is 10.3 Å². The third kappa shape index (κ3) is 3.05. The maximum atomic E-state index is 13.2. The van der Waals surface area contributed by atoms with Crippen molar-refractivity contribution in [3.05, 3.63) is 58.0 Å². The lowest BCUT2D eigenvalue weighted by Gasteiger charge is -2.05. The highest BCUT2D eigenvalue weighted by atomic mass is 19.1. The van der Waals surface area contributed by atoms with Gasteiger partial charge in [0.2, 0.25) is 0 Å². The molecule has 7 nitrogen and oxygen atoms in total. The van der Waals surface area contributed by atoms with Crippen molar-refractivity contribution in [2.75, 3.05) is 11.1 Å². The lowest BCUT2D eigenvalue weighted by molar-refractivity contribution is -0.385. The quantitative estimate of drug-likeness (QED) is 0.657. The molecular weight excluding hydrogens is 267 g/mol. The van der Waals surface area contributed by atoms with Crippen LogP contribution in [0.1, 0.15) is 10.4 Å². The van der Waals surface area contributed by atoms with Crippen LogP contribution in [-0.4, -0.2) is 15.8 Å². The number of nitrogens with one attached hydrogen (secondary N) is 1. The van der Waals surface area contributed by atoms with E-state index in [1.807, 2.05) is 0 Å². The molecule has 1 aromatic carbocycles. The van der Waals surface area contributed by atoms with Gasteiger partial charge in [0.05, 0.1) is 16.7 Å². The lowest BCUT2D eigenvalue weighted by Crippen LogP contribution is -2.12. The number of aromatic nitrogens is 1. The molecule has 0 aliphatic carbocycles. The minimum Gasteiger partial charge on any atom is -0.384 e. The number of rotatable bonds is 3. The van der Waals surface area contributed by atoms with Crippen LogP contribution in [0.5, 0.6) is 0 Å². The van der Waals surface area contributed by atoms with Gasteiger partial charge in [0.25, 0.3) is 11.6 Å². The van der Waals surface area contributed by atoms with Crippen LogP contribution in [0.4, 0.5) is 21.6 Å². The minimum atomic E-state index is -0.816. The van der Waals surface area contributed by atoms with Crippen LogP contribution in [0.2, 0.25) is 0 Å². The van der Waals surface area contributed by atoms with E-state index in [0.717, 1.165) is 18.2 Å². The molecule has 1 aromatic heterocycles. The normalized spacial score (nSPS) is 10.1. The summed E-state index contributed by atoms with van der Waals surface area (Å²) in [5, 5.41) is 13.0. The second kappa shape index (κ2) is 5.31. The first-order chi connectivity index (χ1) is 9.45. The van der Waals surface area contributed by atoms with E-state index >= 15 is 0 Å². The molecule has 3 N–H and O–H groups in total. The Balaban J connectivity index is 2.26. The molecule has 0 saturated heterocycles. The molecule has 0 saturated carbocycles. The molecule has 20 heavy (non-hydrogen) atoms. The standard InChI is InChI=1S/C12H9FN4O3/c13-8-4-9(6-10(5-8)17(19)20)16-12(18)7-1-2-15-11(14)3-7/h1-6H,(H2,14,15)(H,16,18). The molecule has 0 bridgehead atoms. The average Bonchev–Trinajstić information content (AvgIpc) is 2.37. The summed E-state index contributed by atoms with van der Waals surface area (Å²) in [5.41, 5.74) is 5.18. The Morgan fingerprint density at radius 1 is 1.35 bits per heavy atom. The third-order valence-electron chi connectivity index (χ3n) is 2.39. The van der Waals surface area contributed by atoms with Crippen molar-refractivity contribution in [1.29, 1.82) is 0 Å². The number of nitrogens with zero attached hydrogens (tertiary/aromatic N) is 2. The van der Waals surface area contributed by atoms with Crippen LogP contribution in [0, 0.1) is 15.9 Å². The average molecular weight is 276 g/mol. The van der Waals surface area contributed by atoms with Crippen LogP contribution in [0.15, 0.2) is 36.5 Å². The molecule has 102 valence electrons. The Labute approximate surface area is 112 Å². The maximum absolute atomic E-state index is 13.2. The summed E-state index contributed by atoms with van der Waals surface area (Å²) in [4.78, 5) is 25.5. The molecule has 0 spiro atoms. The molecule has 8 heteroatoms. The number of nitro groups is 1. The summed E-state index contributed by atoms with van der Waals surface area (Å²) >= 11 is 0. The number of nitrogen functional groups attached to an aromatic ring is 1. The maximum Gasteiger partial charge on any atom is 0.274 e. The van der Waals surface area contributed by atoms with Gasteiger partial charge in [-0.05, 0) is 18.2 Å². The molecule has 0 unspecified atom stereocenters. The number of hydrogen-bond donors (Lipinski definition) is 2. The SMILES string of the molecule is Nc1cc(C(=O)Nc2cc(F)cc([N+](=O)[O-])c2)ccn1. The second-order valence-electron chi connectivity index (χ2n) is 3.88. The number of halogens is 1. The van der Waals surface area contributed by atoms with E-state index in [1.54, 1.807) is 0 Å². The summed E-state index contributed by atoms with van der Waals surface area (Å²) in [6, 6.07) is 5.56. The number of hydrogen-bond acceptors (Lipinski definition) is 5. The van der Waals surface area contributed by atoms with Crippen LogP contribution in [0.25, 0.3) is 0 Å². The Hall–Kier alpha value is -3.03. The first kappa shape index (κ1) is 13.4. The number of anilines is 2. The molecule has 0 aliphatic rings. The zero-order valence-electron chi connectivity index (χ0n) is 10.0. The van der Waals surface area contributed by atoms with Gasteiger partial charge >= 0.3 is 0 Å². The number of nitrogens with two attached hydrogens (primary N) is 1. The number of pyridine rings is 1. The first-order valence-electron chi connectivity index (χ1n) is 5.43. The summed E-state index contributed by atoms with van der Waals surface area (Å²) < 4.78 is 13.2. The number of carbonyl (C=O) groups is 1. The molecule has 0 fully saturated rings. The van der Waals surface area contributed by atoms with E-state index < -0.39 is 22.3 Å². The van der Waals surface area contributed by atoms with Crippen molar-refractivity contribution < 1.29 is 14.1 Å². The van der Waals surface area contributed by atoms with Crippen LogP contribution >= 0.6 is 0 Å². The van der Waals surface area contributed by atoms with Gasteiger partial charge in [-0.25, -0.2) is 9.37 Å². The van der Waals surface area contributed by atoms with E-state index in [-0.39, 0.29) is 17.1 Å². The van der Waals surface area contributed by atoms with Gasteiger partial charge in [0.1, 0.15) is 11.6 Å². The number of nitro benzene ring substituents is 1. The predicted octanol–water partition coefficient (Wildman–Crippen LogP) is 1.96. The van der Waals surface area contributed by atoms with Crippen molar-refractivity contribution in [1.82, 2.24) is 4.98 Å². The van der Waals surface area contributed by atoms with Crippen molar-refractivity contribution in [2.45, 2.75) is 0 Å². The van der Waals surface area contributed by atoms with Gasteiger partial charge < -0.3 is 11.1 Å². The molecule has 1 heterocycles. The Morgan fingerprint density at radius 3 is 2.75 bits per heavy atom. The second-order valence-corrected chi connectivity index (χ2v) is 3.88. The zero-order chi connectivity index (χ0) is 14.7. The summed E-state index contributed by atoms with van der Waals surface area (Å²) in [5.74, 6) is -1.23. The Bertz CT molecular complexity index is 690. The fraction of sp³-hybridized carbons (Fsp3) is 0. The summed E-state index contributed by atoms with van der Waals surface area (Å²) in [6.07, 6.45) is 1.35. The molecule has 1 amide bonds. The van der Waals surface area contributed by atoms with Gasteiger partial charge in [0, 0.05) is 17.8 Å². The molecule has 2 rings (SSSR count). The Kier molecular flexibility index (Phi) is 3.56. The van der Waals surface area contributed by atoms with E-state index in [1.165, 1.54) is 18.3 Å². The summed E-state index contributed by atoms with van der Waals surface area (Å²) in [6.45, 7) is 0. The van der Waals surface area contributed by atoms with Crippen molar-refractivity contribution in [3.8, 4) is 0 Å². The van der Waals surface area contributed by atoms with Crippen LogP contribution in [0.3, 0.4) is 0 Å². The minimum absolute atomic E-state index is 0.0166. The Morgan fingerprint density at radius 2 is 2.10 bits per heavy atom. The summed E-state index contributed by atoms with van der Waals surface area (Å²) in [7, 11) is 0. The van der Waals surface area contributed by atoms with E-state index in [9.17, 15) is 19.3 Å². The van der Waals surface area contributed by atoms with Crippen LogP contribution < -0.4 is 11.1 Å². The highest BCUT2D eigenvalue weighted by Gasteiger charge is 2.12. The molecule has 0 radical (unpaired) electrons. The van der Waals surface area contributed by atoms with Crippen molar-refractivity contribution in [2.24, 2.45) is 0 Å². The molecule has 0 aliphatic heterocycles. The van der Waals surface area contributed by atoms with Crippen LogP contribution in [-0.2, 0) is 0 Å². The monoisotopic (exact) mass is 276 g/mol. The van der Waals surface area contributed by atoms with E-state index in [0.29, 0.717) is 0 Å². The lowest BCUT2D eigenvalue weighted by atomic mass is 10.2. The van der Waals surface area contributed by atoms with Crippen molar-refractivity contribution in [3.63, 3.8) is 0 Å². The van der Waals surface area contributed by atoms with Gasteiger partial charge in [0.15, 0.2) is 0 Å². The number of benzene rings is 1. The van der Waals surface area contributed by atoms with Gasteiger partial charge in [-0.15, -0.1) is 0 Å².